The minimum Gasteiger partial charge on any atom is -0.325 e. The molecule has 1 aromatic rings. The number of nitrogens with one attached hydrogen (secondary N) is 2. The van der Waals surface area contributed by atoms with Gasteiger partial charge in [0.15, 0.2) is 0 Å². The van der Waals surface area contributed by atoms with E-state index in [9.17, 15) is 4.79 Å². The van der Waals surface area contributed by atoms with Crippen molar-refractivity contribution in [2.75, 3.05) is 11.9 Å². The van der Waals surface area contributed by atoms with Gasteiger partial charge < -0.3 is 10.6 Å². The maximum absolute atomic E-state index is 11.5. The second-order valence-electron chi connectivity index (χ2n) is 3.83. The normalized spacial score (nSPS) is 14.9. The number of rotatable bonds is 4. The Labute approximate surface area is 104 Å². The molecule has 5 heteroatoms. The summed E-state index contributed by atoms with van der Waals surface area (Å²) in [6.07, 6.45) is 2.33. The summed E-state index contributed by atoms with van der Waals surface area (Å²) in [5.74, 6) is -0.0645. The lowest BCUT2D eigenvalue weighted by Crippen LogP contribution is -2.29. The third-order valence-electron chi connectivity index (χ3n) is 2.33. The van der Waals surface area contributed by atoms with E-state index in [1.165, 1.54) is 12.8 Å². The fraction of sp³-hybridized carbons (Fsp3) is 0.364. The molecule has 0 aliphatic heterocycles. The van der Waals surface area contributed by atoms with E-state index in [2.05, 4.69) is 10.6 Å². The van der Waals surface area contributed by atoms with E-state index in [-0.39, 0.29) is 5.91 Å². The molecule has 0 radical (unpaired) electrons. The first-order valence-electron chi connectivity index (χ1n) is 5.13. The molecule has 0 unspecified atom stereocenters. The summed E-state index contributed by atoms with van der Waals surface area (Å²) in [5.41, 5.74) is 0.664. The lowest BCUT2D eigenvalue weighted by Gasteiger charge is -2.06. The van der Waals surface area contributed by atoms with Gasteiger partial charge in [-0.2, -0.15) is 0 Å². The Morgan fingerprint density at radius 1 is 1.31 bits per heavy atom. The van der Waals surface area contributed by atoms with Gasteiger partial charge in [-0.1, -0.05) is 23.2 Å². The molecule has 1 fully saturated rings. The molecule has 0 saturated heterocycles. The van der Waals surface area contributed by atoms with E-state index in [1.54, 1.807) is 18.2 Å². The van der Waals surface area contributed by atoms with Gasteiger partial charge in [0, 0.05) is 11.7 Å². The Morgan fingerprint density at radius 2 is 2.06 bits per heavy atom. The van der Waals surface area contributed by atoms with Crippen LogP contribution in [0.2, 0.25) is 10.0 Å². The number of benzene rings is 1. The van der Waals surface area contributed by atoms with E-state index >= 15 is 0 Å². The van der Waals surface area contributed by atoms with Gasteiger partial charge >= 0.3 is 0 Å². The monoisotopic (exact) mass is 258 g/mol. The van der Waals surface area contributed by atoms with Gasteiger partial charge in [-0.3, -0.25) is 4.79 Å². The highest BCUT2D eigenvalue weighted by molar-refractivity contribution is 6.42. The van der Waals surface area contributed by atoms with Crippen LogP contribution in [0.25, 0.3) is 0 Å². The highest BCUT2D eigenvalue weighted by Crippen LogP contribution is 2.25. The summed E-state index contributed by atoms with van der Waals surface area (Å²) in [7, 11) is 0. The molecule has 0 spiro atoms. The van der Waals surface area contributed by atoms with E-state index in [0.29, 0.717) is 28.3 Å². The van der Waals surface area contributed by atoms with Crippen molar-refractivity contribution in [2.24, 2.45) is 0 Å². The van der Waals surface area contributed by atoms with Gasteiger partial charge in [-0.15, -0.1) is 0 Å². The highest BCUT2D eigenvalue weighted by Gasteiger charge is 2.21. The molecule has 1 aliphatic rings. The molecule has 0 bridgehead atoms. The van der Waals surface area contributed by atoms with E-state index < -0.39 is 0 Å². The van der Waals surface area contributed by atoms with Crippen molar-refractivity contribution in [3.63, 3.8) is 0 Å². The Hall–Kier alpha value is -0.770. The van der Waals surface area contributed by atoms with Gasteiger partial charge in [-0.25, -0.2) is 0 Å². The Balaban J connectivity index is 1.86. The zero-order chi connectivity index (χ0) is 11.5. The maximum atomic E-state index is 11.5. The van der Waals surface area contributed by atoms with E-state index in [1.807, 2.05) is 0 Å². The van der Waals surface area contributed by atoms with Crippen molar-refractivity contribution in [1.82, 2.24) is 5.32 Å². The number of hydrogen-bond acceptors (Lipinski definition) is 2. The molecule has 1 amide bonds. The van der Waals surface area contributed by atoms with Crippen LogP contribution in [0.5, 0.6) is 0 Å². The van der Waals surface area contributed by atoms with Crippen LogP contribution >= 0.6 is 23.2 Å². The summed E-state index contributed by atoms with van der Waals surface area (Å²) in [5, 5.41) is 6.80. The molecule has 16 heavy (non-hydrogen) atoms. The molecule has 0 aromatic heterocycles. The number of halogens is 2. The van der Waals surface area contributed by atoms with Gasteiger partial charge in [0.2, 0.25) is 5.91 Å². The summed E-state index contributed by atoms with van der Waals surface area (Å²) in [4.78, 5) is 11.5. The van der Waals surface area contributed by atoms with Crippen LogP contribution in [0.15, 0.2) is 18.2 Å². The van der Waals surface area contributed by atoms with Gasteiger partial charge in [0.05, 0.1) is 16.6 Å². The van der Waals surface area contributed by atoms with Crippen molar-refractivity contribution >= 4 is 34.8 Å². The van der Waals surface area contributed by atoms with Crippen LogP contribution in [0, 0.1) is 0 Å². The standard InChI is InChI=1S/C11H12Cl2N2O/c12-9-4-3-8(5-10(9)13)15-11(16)6-14-7-1-2-7/h3-5,7,14H,1-2,6H2,(H,15,16). The van der Waals surface area contributed by atoms with E-state index in [0.717, 1.165) is 0 Å². The predicted molar refractivity (Wildman–Crippen MR) is 66.1 cm³/mol. The summed E-state index contributed by atoms with van der Waals surface area (Å²) < 4.78 is 0. The first-order chi connectivity index (χ1) is 7.65. The lowest BCUT2D eigenvalue weighted by molar-refractivity contribution is -0.115. The largest absolute Gasteiger partial charge is 0.325 e. The average molecular weight is 259 g/mol. The molecule has 1 saturated carbocycles. The fourth-order valence-electron chi connectivity index (χ4n) is 1.30. The van der Waals surface area contributed by atoms with Crippen LogP contribution in [0.3, 0.4) is 0 Å². The third-order valence-corrected chi connectivity index (χ3v) is 3.07. The molecule has 1 aliphatic carbocycles. The van der Waals surface area contributed by atoms with Crippen LogP contribution in [-0.4, -0.2) is 18.5 Å². The topological polar surface area (TPSA) is 41.1 Å². The smallest absolute Gasteiger partial charge is 0.238 e. The Morgan fingerprint density at radius 3 is 2.69 bits per heavy atom. The van der Waals surface area contributed by atoms with Gasteiger partial charge in [-0.05, 0) is 31.0 Å². The van der Waals surface area contributed by atoms with E-state index in [4.69, 9.17) is 23.2 Å². The van der Waals surface area contributed by atoms with Crippen molar-refractivity contribution < 1.29 is 4.79 Å². The highest BCUT2D eigenvalue weighted by atomic mass is 35.5. The van der Waals surface area contributed by atoms with Crippen LogP contribution < -0.4 is 10.6 Å². The molecule has 0 heterocycles. The minimum absolute atomic E-state index is 0.0645. The number of amides is 1. The zero-order valence-corrected chi connectivity index (χ0v) is 10.1. The molecule has 3 nitrogen and oxygen atoms in total. The molecule has 2 N–H and O–H groups in total. The summed E-state index contributed by atoms with van der Waals surface area (Å²) in [6.45, 7) is 0.338. The van der Waals surface area contributed by atoms with Gasteiger partial charge in [0.1, 0.15) is 0 Å². The number of carbonyl (C=O) groups excluding carboxylic acids is 1. The number of anilines is 1. The predicted octanol–water partition coefficient (Wildman–Crippen LogP) is 2.68. The average Bonchev–Trinajstić information content (AvgIpc) is 3.04. The van der Waals surface area contributed by atoms with Crippen molar-refractivity contribution in [3.05, 3.63) is 28.2 Å². The SMILES string of the molecule is O=C(CNC1CC1)Nc1ccc(Cl)c(Cl)c1. The van der Waals surface area contributed by atoms with Crippen LogP contribution in [0.1, 0.15) is 12.8 Å². The maximum Gasteiger partial charge on any atom is 0.238 e. The van der Waals surface area contributed by atoms with Crippen molar-refractivity contribution in [1.29, 1.82) is 0 Å². The quantitative estimate of drug-likeness (QED) is 0.872. The van der Waals surface area contributed by atoms with Crippen LogP contribution in [-0.2, 0) is 4.79 Å². The Bertz CT molecular complexity index is 405. The first kappa shape index (κ1) is 11.7. The number of carbonyl (C=O) groups is 1. The molecule has 2 rings (SSSR count). The first-order valence-corrected chi connectivity index (χ1v) is 5.89. The Kier molecular flexibility index (Phi) is 3.69. The molecule has 0 atom stereocenters. The zero-order valence-electron chi connectivity index (χ0n) is 8.59. The molecule has 1 aromatic carbocycles. The fourth-order valence-corrected chi connectivity index (χ4v) is 1.60. The van der Waals surface area contributed by atoms with Gasteiger partial charge in [0.25, 0.3) is 0 Å². The van der Waals surface area contributed by atoms with Crippen molar-refractivity contribution in [2.45, 2.75) is 18.9 Å². The second kappa shape index (κ2) is 5.04. The minimum atomic E-state index is -0.0645. The second-order valence-corrected chi connectivity index (χ2v) is 4.65. The molecule has 86 valence electrons. The lowest BCUT2D eigenvalue weighted by atomic mass is 10.3. The molecular weight excluding hydrogens is 247 g/mol. The van der Waals surface area contributed by atoms with Crippen molar-refractivity contribution in [3.8, 4) is 0 Å². The number of hydrogen-bond donors (Lipinski definition) is 2. The van der Waals surface area contributed by atoms with Crippen LogP contribution in [0.4, 0.5) is 5.69 Å². The molecular formula is C11H12Cl2N2O. The third kappa shape index (κ3) is 3.37. The summed E-state index contributed by atoms with van der Waals surface area (Å²) >= 11 is 11.6. The summed E-state index contributed by atoms with van der Waals surface area (Å²) in [6, 6.07) is 5.55.